The molecular weight excluding hydrogens is 427 g/mol. The third-order valence-electron chi connectivity index (χ3n) is 4.64. The SMILES string of the molecule is CCNC(=NCC1CC1c1ccccc1)NCCNC(=O)C1CC1.I. The molecule has 0 spiro atoms. The summed E-state index contributed by atoms with van der Waals surface area (Å²) < 4.78 is 0. The molecule has 2 atom stereocenters. The van der Waals surface area contributed by atoms with Crippen molar-refractivity contribution in [1.29, 1.82) is 0 Å². The molecule has 1 aromatic rings. The Morgan fingerprint density at radius 3 is 2.52 bits per heavy atom. The highest BCUT2D eigenvalue weighted by molar-refractivity contribution is 14.0. The number of rotatable bonds is 8. The van der Waals surface area contributed by atoms with Gasteiger partial charge >= 0.3 is 0 Å². The van der Waals surface area contributed by atoms with Gasteiger partial charge in [-0.25, -0.2) is 0 Å². The first-order valence-corrected chi connectivity index (χ1v) is 9.12. The lowest BCUT2D eigenvalue weighted by molar-refractivity contribution is -0.122. The number of hydrogen-bond acceptors (Lipinski definition) is 2. The number of carbonyl (C=O) groups excluding carboxylic acids is 1. The van der Waals surface area contributed by atoms with Crippen LogP contribution in [0.3, 0.4) is 0 Å². The molecule has 0 heterocycles. The van der Waals surface area contributed by atoms with Gasteiger partial charge in [0, 0.05) is 32.1 Å². The molecule has 5 nitrogen and oxygen atoms in total. The third kappa shape index (κ3) is 6.49. The molecule has 3 rings (SSSR count). The predicted molar refractivity (Wildman–Crippen MR) is 112 cm³/mol. The smallest absolute Gasteiger partial charge is 0.223 e. The molecule has 2 fully saturated rings. The van der Waals surface area contributed by atoms with Crippen LogP contribution in [-0.4, -0.2) is 38.0 Å². The van der Waals surface area contributed by atoms with Crippen LogP contribution >= 0.6 is 24.0 Å². The van der Waals surface area contributed by atoms with Crippen molar-refractivity contribution in [1.82, 2.24) is 16.0 Å². The quantitative estimate of drug-likeness (QED) is 0.244. The molecule has 0 aromatic heterocycles. The summed E-state index contributed by atoms with van der Waals surface area (Å²) >= 11 is 0. The summed E-state index contributed by atoms with van der Waals surface area (Å²) in [5, 5.41) is 9.53. The fourth-order valence-electron chi connectivity index (χ4n) is 2.96. The summed E-state index contributed by atoms with van der Waals surface area (Å²) in [6.07, 6.45) is 3.32. The number of guanidine groups is 1. The lowest BCUT2D eigenvalue weighted by atomic mass is 10.1. The van der Waals surface area contributed by atoms with Gasteiger partial charge < -0.3 is 16.0 Å². The molecule has 1 aromatic carbocycles. The molecule has 25 heavy (non-hydrogen) atoms. The largest absolute Gasteiger partial charge is 0.357 e. The number of benzene rings is 1. The topological polar surface area (TPSA) is 65.5 Å². The number of nitrogens with zero attached hydrogens (tertiary/aromatic N) is 1. The van der Waals surface area contributed by atoms with E-state index < -0.39 is 0 Å². The van der Waals surface area contributed by atoms with Gasteiger partial charge in [0.1, 0.15) is 0 Å². The molecule has 0 radical (unpaired) electrons. The zero-order chi connectivity index (χ0) is 16.8. The molecule has 2 aliphatic rings. The molecule has 2 saturated carbocycles. The highest BCUT2D eigenvalue weighted by Gasteiger charge is 2.37. The van der Waals surface area contributed by atoms with Crippen molar-refractivity contribution in [2.75, 3.05) is 26.2 Å². The van der Waals surface area contributed by atoms with E-state index in [1.807, 2.05) is 0 Å². The Balaban J connectivity index is 0.00000225. The van der Waals surface area contributed by atoms with Crippen LogP contribution in [0, 0.1) is 11.8 Å². The summed E-state index contributed by atoms with van der Waals surface area (Å²) in [6.45, 7) is 5.11. The Bertz CT molecular complexity index is 574. The summed E-state index contributed by atoms with van der Waals surface area (Å²) in [4.78, 5) is 16.3. The highest BCUT2D eigenvalue weighted by Crippen LogP contribution is 2.47. The Morgan fingerprint density at radius 2 is 1.84 bits per heavy atom. The van der Waals surface area contributed by atoms with Crippen molar-refractivity contribution in [3.8, 4) is 0 Å². The predicted octanol–water partition coefficient (Wildman–Crippen LogP) is 2.49. The van der Waals surface area contributed by atoms with Crippen LogP contribution in [-0.2, 0) is 4.79 Å². The molecular formula is C19H29IN4O. The van der Waals surface area contributed by atoms with E-state index in [0.29, 0.717) is 24.9 Å². The van der Waals surface area contributed by atoms with Crippen LogP contribution in [0.5, 0.6) is 0 Å². The van der Waals surface area contributed by atoms with Crippen molar-refractivity contribution >= 4 is 35.8 Å². The molecule has 0 bridgehead atoms. The lowest BCUT2D eigenvalue weighted by Crippen LogP contribution is -2.41. The van der Waals surface area contributed by atoms with E-state index >= 15 is 0 Å². The van der Waals surface area contributed by atoms with Crippen molar-refractivity contribution in [3.63, 3.8) is 0 Å². The molecule has 2 aliphatic carbocycles. The summed E-state index contributed by atoms with van der Waals surface area (Å²) in [7, 11) is 0. The summed E-state index contributed by atoms with van der Waals surface area (Å²) in [5.74, 6) is 2.63. The van der Waals surface area contributed by atoms with Crippen LogP contribution in [0.25, 0.3) is 0 Å². The minimum absolute atomic E-state index is 0. The number of amides is 1. The van der Waals surface area contributed by atoms with Crippen molar-refractivity contribution in [2.24, 2.45) is 16.8 Å². The fourth-order valence-corrected chi connectivity index (χ4v) is 2.96. The van der Waals surface area contributed by atoms with Gasteiger partial charge in [-0.15, -0.1) is 24.0 Å². The molecule has 1 amide bonds. The Hall–Kier alpha value is -1.31. The van der Waals surface area contributed by atoms with Crippen LogP contribution in [0.4, 0.5) is 0 Å². The maximum absolute atomic E-state index is 11.6. The van der Waals surface area contributed by atoms with Crippen LogP contribution in [0.2, 0.25) is 0 Å². The van der Waals surface area contributed by atoms with Crippen LogP contribution in [0.15, 0.2) is 35.3 Å². The second kappa shape index (κ2) is 9.99. The molecule has 3 N–H and O–H groups in total. The van der Waals surface area contributed by atoms with Gasteiger partial charge in [-0.1, -0.05) is 30.3 Å². The average molecular weight is 456 g/mol. The number of aliphatic imine (C=N–C) groups is 1. The van der Waals surface area contributed by atoms with E-state index in [1.54, 1.807) is 0 Å². The van der Waals surface area contributed by atoms with Crippen LogP contribution < -0.4 is 16.0 Å². The lowest BCUT2D eigenvalue weighted by Gasteiger charge is -2.11. The van der Waals surface area contributed by atoms with E-state index in [9.17, 15) is 4.79 Å². The molecule has 0 saturated heterocycles. The standard InChI is InChI=1S/C19H28N4O.HI/c1-2-20-19(22-11-10-21-18(24)15-8-9-15)23-13-16-12-17(16)14-6-4-3-5-7-14;/h3-7,15-17H,2,8-13H2,1H3,(H,21,24)(H2,20,22,23);1H. The van der Waals surface area contributed by atoms with Crippen molar-refractivity contribution < 1.29 is 4.79 Å². The minimum atomic E-state index is 0. The molecule has 2 unspecified atom stereocenters. The minimum Gasteiger partial charge on any atom is -0.357 e. The Labute approximate surface area is 167 Å². The summed E-state index contributed by atoms with van der Waals surface area (Å²) in [5.41, 5.74) is 1.43. The molecule has 0 aliphatic heterocycles. The zero-order valence-electron chi connectivity index (χ0n) is 14.8. The first-order chi connectivity index (χ1) is 11.8. The monoisotopic (exact) mass is 456 g/mol. The maximum atomic E-state index is 11.6. The van der Waals surface area contributed by atoms with Crippen LogP contribution in [0.1, 0.15) is 37.7 Å². The number of hydrogen-bond donors (Lipinski definition) is 3. The molecule has 138 valence electrons. The van der Waals surface area contributed by atoms with Gasteiger partial charge in [0.25, 0.3) is 0 Å². The van der Waals surface area contributed by atoms with Crippen molar-refractivity contribution in [3.05, 3.63) is 35.9 Å². The number of halogens is 1. The maximum Gasteiger partial charge on any atom is 0.223 e. The number of carbonyl (C=O) groups is 1. The molecule has 6 heteroatoms. The van der Waals surface area contributed by atoms with Gasteiger partial charge in [-0.3, -0.25) is 9.79 Å². The summed E-state index contributed by atoms with van der Waals surface area (Å²) in [6, 6.07) is 10.7. The van der Waals surface area contributed by atoms with E-state index in [2.05, 4.69) is 53.2 Å². The van der Waals surface area contributed by atoms with Gasteiger partial charge in [-0.2, -0.15) is 0 Å². The van der Waals surface area contributed by atoms with E-state index in [4.69, 9.17) is 4.99 Å². The zero-order valence-corrected chi connectivity index (χ0v) is 17.2. The second-order valence-electron chi connectivity index (χ2n) is 6.72. The Morgan fingerprint density at radius 1 is 1.12 bits per heavy atom. The normalized spacial score (nSPS) is 21.9. The highest BCUT2D eigenvalue weighted by atomic mass is 127. The first kappa shape index (κ1) is 20.0. The Kier molecular flexibility index (Phi) is 7.99. The van der Waals surface area contributed by atoms with Gasteiger partial charge in [0.2, 0.25) is 5.91 Å². The average Bonchev–Trinajstić information content (AvgIpc) is 3.50. The van der Waals surface area contributed by atoms with Crippen molar-refractivity contribution in [2.45, 2.75) is 32.1 Å². The first-order valence-electron chi connectivity index (χ1n) is 9.12. The number of nitrogens with one attached hydrogen (secondary N) is 3. The van der Waals surface area contributed by atoms with Gasteiger partial charge in [-0.05, 0) is 43.6 Å². The van der Waals surface area contributed by atoms with E-state index in [-0.39, 0.29) is 35.8 Å². The van der Waals surface area contributed by atoms with E-state index in [1.165, 1.54) is 12.0 Å². The third-order valence-corrected chi connectivity index (χ3v) is 4.64. The van der Waals surface area contributed by atoms with Gasteiger partial charge in [0.15, 0.2) is 5.96 Å². The van der Waals surface area contributed by atoms with Gasteiger partial charge in [0.05, 0.1) is 0 Å². The fraction of sp³-hybridized carbons (Fsp3) is 0.579. The van der Waals surface area contributed by atoms with E-state index in [0.717, 1.165) is 31.9 Å². The second-order valence-corrected chi connectivity index (χ2v) is 6.72.